The van der Waals surface area contributed by atoms with Gasteiger partial charge in [0.2, 0.25) is 0 Å². The summed E-state index contributed by atoms with van der Waals surface area (Å²) >= 11 is 0. The number of ether oxygens (including phenoxy) is 2. The third kappa shape index (κ3) is 2.45. The van der Waals surface area contributed by atoms with Gasteiger partial charge in [-0.15, -0.1) is 0 Å². The van der Waals surface area contributed by atoms with Gasteiger partial charge < -0.3 is 9.47 Å². The van der Waals surface area contributed by atoms with Crippen molar-refractivity contribution < 1.29 is 9.47 Å². The lowest BCUT2D eigenvalue weighted by Crippen LogP contribution is -2.57. The Morgan fingerprint density at radius 1 is 1.35 bits per heavy atom. The van der Waals surface area contributed by atoms with Crippen LogP contribution in [0.4, 0.5) is 0 Å². The lowest BCUT2D eigenvalue weighted by atomic mass is 10.1. The number of benzene rings is 1. The van der Waals surface area contributed by atoms with E-state index in [1.165, 1.54) is 12.0 Å². The van der Waals surface area contributed by atoms with Gasteiger partial charge in [-0.05, 0) is 31.0 Å². The zero-order valence-corrected chi connectivity index (χ0v) is 10.3. The van der Waals surface area contributed by atoms with Crippen molar-refractivity contribution in [1.82, 2.24) is 4.90 Å². The number of rotatable bonds is 3. The van der Waals surface area contributed by atoms with Crippen LogP contribution in [0.3, 0.4) is 0 Å². The van der Waals surface area contributed by atoms with E-state index in [0.717, 1.165) is 32.1 Å². The van der Waals surface area contributed by atoms with Gasteiger partial charge in [-0.2, -0.15) is 0 Å². The van der Waals surface area contributed by atoms with Gasteiger partial charge in [0.1, 0.15) is 11.9 Å². The molecule has 0 bridgehead atoms. The Hall–Kier alpha value is -1.06. The Bertz CT molecular complexity index is 382. The van der Waals surface area contributed by atoms with E-state index < -0.39 is 0 Å². The maximum atomic E-state index is 5.94. The summed E-state index contributed by atoms with van der Waals surface area (Å²) in [7, 11) is 0. The monoisotopic (exact) mass is 233 g/mol. The highest BCUT2D eigenvalue weighted by Crippen LogP contribution is 2.23. The number of nitrogens with zero attached hydrogens (tertiary/aromatic N) is 1. The highest BCUT2D eigenvalue weighted by atomic mass is 16.5. The molecule has 1 aromatic carbocycles. The van der Waals surface area contributed by atoms with Crippen LogP contribution in [-0.2, 0) is 4.74 Å². The van der Waals surface area contributed by atoms with Crippen LogP contribution in [0.15, 0.2) is 24.3 Å². The summed E-state index contributed by atoms with van der Waals surface area (Å²) < 4.78 is 11.3. The summed E-state index contributed by atoms with van der Waals surface area (Å²) in [4.78, 5) is 2.47. The molecule has 2 aliphatic rings. The molecule has 2 fully saturated rings. The average Bonchev–Trinajstić information content (AvgIpc) is 2.76. The summed E-state index contributed by atoms with van der Waals surface area (Å²) in [5, 5.41) is 0. The van der Waals surface area contributed by atoms with Crippen LogP contribution in [0.5, 0.6) is 5.75 Å². The smallest absolute Gasteiger partial charge is 0.124 e. The third-order valence-corrected chi connectivity index (χ3v) is 3.59. The molecule has 0 saturated carbocycles. The number of hydrogen-bond acceptors (Lipinski definition) is 3. The van der Waals surface area contributed by atoms with Crippen molar-refractivity contribution in [2.24, 2.45) is 0 Å². The van der Waals surface area contributed by atoms with Gasteiger partial charge in [-0.1, -0.05) is 12.1 Å². The van der Waals surface area contributed by atoms with E-state index in [9.17, 15) is 0 Å². The van der Waals surface area contributed by atoms with Crippen LogP contribution in [0.1, 0.15) is 12.0 Å². The molecular weight excluding hydrogens is 214 g/mol. The molecule has 0 amide bonds. The first-order valence-electron chi connectivity index (χ1n) is 6.36. The fourth-order valence-corrected chi connectivity index (χ4v) is 2.53. The summed E-state index contributed by atoms with van der Waals surface area (Å²) in [5.41, 5.74) is 1.25. The van der Waals surface area contributed by atoms with Crippen LogP contribution in [-0.4, -0.2) is 43.3 Å². The number of hydrogen-bond donors (Lipinski definition) is 0. The van der Waals surface area contributed by atoms with Crippen molar-refractivity contribution in [3.63, 3.8) is 0 Å². The van der Waals surface area contributed by atoms with Crippen molar-refractivity contribution in [3.8, 4) is 5.75 Å². The minimum atomic E-state index is 0.359. The second kappa shape index (κ2) is 4.67. The summed E-state index contributed by atoms with van der Waals surface area (Å²) in [6.45, 7) is 6.00. The molecule has 0 aromatic heterocycles. The molecule has 0 aliphatic carbocycles. The van der Waals surface area contributed by atoms with Gasteiger partial charge in [0.05, 0.1) is 6.61 Å². The average molecular weight is 233 g/mol. The zero-order valence-electron chi connectivity index (χ0n) is 10.3. The maximum absolute atomic E-state index is 5.94. The van der Waals surface area contributed by atoms with Crippen LogP contribution < -0.4 is 4.74 Å². The van der Waals surface area contributed by atoms with E-state index in [0.29, 0.717) is 12.1 Å². The summed E-state index contributed by atoms with van der Waals surface area (Å²) in [5.74, 6) is 0.998. The van der Waals surface area contributed by atoms with Crippen LogP contribution in [0, 0.1) is 6.92 Å². The molecule has 17 heavy (non-hydrogen) atoms. The first kappa shape index (κ1) is 11.1. The SMILES string of the molecule is Cc1cccc(OC2CN([C@@H]3CCOC3)C2)c1. The first-order valence-corrected chi connectivity index (χ1v) is 6.36. The fraction of sp³-hybridized carbons (Fsp3) is 0.571. The molecule has 2 aliphatic heterocycles. The lowest BCUT2D eigenvalue weighted by Gasteiger charge is -2.42. The van der Waals surface area contributed by atoms with Crippen LogP contribution >= 0.6 is 0 Å². The van der Waals surface area contributed by atoms with Gasteiger partial charge in [-0.25, -0.2) is 0 Å². The Kier molecular flexibility index (Phi) is 3.04. The number of likely N-dealkylation sites (tertiary alicyclic amines) is 1. The maximum Gasteiger partial charge on any atom is 0.124 e. The normalized spacial score (nSPS) is 25.8. The third-order valence-electron chi connectivity index (χ3n) is 3.59. The molecule has 1 atom stereocenters. The highest BCUT2D eigenvalue weighted by Gasteiger charge is 2.35. The van der Waals surface area contributed by atoms with E-state index in [1.807, 2.05) is 12.1 Å². The number of aryl methyl sites for hydroxylation is 1. The van der Waals surface area contributed by atoms with Crippen molar-refractivity contribution in [3.05, 3.63) is 29.8 Å². The Labute approximate surface area is 102 Å². The predicted octanol–water partition coefficient (Wildman–Crippen LogP) is 1.85. The molecule has 2 heterocycles. The Balaban J connectivity index is 1.49. The van der Waals surface area contributed by atoms with Gasteiger partial charge in [0, 0.05) is 25.7 Å². The topological polar surface area (TPSA) is 21.7 Å². The standard InChI is InChI=1S/C14H19NO2/c1-11-3-2-4-13(7-11)17-14-8-15(9-14)12-5-6-16-10-12/h2-4,7,12,14H,5-6,8-10H2,1H3/t12-/m1/s1. The van der Waals surface area contributed by atoms with Gasteiger partial charge in [0.15, 0.2) is 0 Å². The van der Waals surface area contributed by atoms with E-state index in [-0.39, 0.29) is 0 Å². The van der Waals surface area contributed by atoms with Crippen molar-refractivity contribution in [2.45, 2.75) is 25.5 Å². The molecular formula is C14H19NO2. The quantitative estimate of drug-likeness (QED) is 0.795. The molecule has 0 unspecified atom stereocenters. The van der Waals surface area contributed by atoms with Crippen molar-refractivity contribution in [1.29, 1.82) is 0 Å². The molecule has 0 radical (unpaired) electrons. The minimum Gasteiger partial charge on any atom is -0.488 e. The van der Waals surface area contributed by atoms with Crippen LogP contribution in [0.25, 0.3) is 0 Å². The Morgan fingerprint density at radius 3 is 2.94 bits per heavy atom. The Morgan fingerprint density at radius 2 is 2.24 bits per heavy atom. The second-order valence-electron chi connectivity index (χ2n) is 5.03. The fourth-order valence-electron chi connectivity index (χ4n) is 2.53. The highest BCUT2D eigenvalue weighted by molar-refractivity contribution is 5.27. The first-order chi connectivity index (χ1) is 8.31. The van der Waals surface area contributed by atoms with Gasteiger partial charge >= 0.3 is 0 Å². The van der Waals surface area contributed by atoms with Crippen LogP contribution in [0.2, 0.25) is 0 Å². The minimum absolute atomic E-state index is 0.359. The van der Waals surface area contributed by atoms with Crippen molar-refractivity contribution in [2.75, 3.05) is 26.3 Å². The second-order valence-corrected chi connectivity index (χ2v) is 5.03. The predicted molar refractivity (Wildman–Crippen MR) is 66.4 cm³/mol. The molecule has 3 nitrogen and oxygen atoms in total. The molecule has 1 aromatic rings. The molecule has 3 rings (SSSR count). The van der Waals surface area contributed by atoms with E-state index in [4.69, 9.17) is 9.47 Å². The van der Waals surface area contributed by atoms with Gasteiger partial charge in [0.25, 0.3) is 0 Å². The molecule has 3 heteroatoms. The largest absolute Gasteiger partial charge is 0.488 e. The van der Waals surface area contributed by atoms with E-state index in [2.05, 4.69) is 24.0 Å². The van der Waals surface area contributed by atoms with E-state index in [1.54, 1.807) is 0 Å². The summed E-state index contributed by atoms with van der Waals surface area (Å²) in [6, 6.07) is 8.91. The van der Waals surface area contributed by atoms with Crippen molar-refractivity contribution >= 4 is 0 Å². The lowest BCUT2D eigenvalue weighted by molar-refractivity contribution is -0.0113. The summed E-state index contributed by atoms with van der Waals surface area (Å²) in [6.07, 6.45) is 1.54. The molecule has 92 valence electrons. The van der Waals surface area contributed by atoms with Gasteiger partial charge in [-0.3, -0.25) is 4.90 Å². The molecule has 0 N–H and O–H groups in total. The van der Waals surface area contributed by atoms with E-state index >= 15 is 0 Å². The molecule has 0 spiro atoms. The molecule has 2 saturated heterocycles. The zero-order chi connectivity index (χ0) is 11.7.